The van der Waals surface area contributed by atoms with Gasteiger partial charge in [-0.3, -0.25) is 4.79 Å². The Morgan fingerprint density at radius 2 is 1.77 bits per heavy atom. The average Bonchev–Trinajstić information content (AvgIpc) is 2.55. The van der Waals surface area contributed by atoms with Gasteiger partial charge in [0, 0.05) is 6.54 Å². The highest BCUT2D eigenvalue weighted by Crippen LogP contribution is 2.29. The van der Waals surface area contributed by atoms with Gasteiger partial charge in [0.05, 0.1) is 28.0 Å². The van der Waals surface area contributed by atoms with E-state index in [0.717, 1.165) is 10.4 Å². The van der Waals surface area contributed by atoms with Crippen molar-refractivity contribution in [1.29, 1.82) is 0 Å². The SMILES string of the molecule is CCN(CC(=O)Nc1c(Cl)cccc1Cl)S(=O)(=O)Cc1cccc(F)c1. The Morgan fingerprint density at radius 1 is 1.15 bits per heavy atom. The number of halogens is 3. The molecule has 26 heavy (non-hydrogen) atoms. The van der Waals surface area contributed by atoms with Gasteiger partial charge in [-0.25, -0.2) is 12.8 Å². The molecule has 0 aliphatic heterocycles. The molecule has 0 bridgehead atoms. The summed E-state index contributed by atoms with van der Waals surface area (Å²) in [6, 6.07) is 10.1. The predicted octanol–water partition coefficient (Wildman–Crippen LogP) is 3.92. The number of hydrogen-bond donors (Lipinski definition) is 1. The molecule has 0 unspecified atom stereocenters. The van der Waals surface area contributed by atoms with Crippen LogP contribution in [0.5, 0.6) is 0 Å². The first-order chi connectivity index (χ1) is 12.2. The molecule has 0 aliphatic rings. The Morgan fingerprint density at radius 3 is 2.35 bits per heavy atom. The lowest BCUT2D eigenvalue weighted by Crippen LogP contribution is -2.38. The van der Waals surface area contributed by atoms with Gasteiger partial charge >= 0.3 is 0 Å². The molecule has 2 aromatic carbocycles. The Bertz CT molecular complexity index is 886. The quantitative estimate of drug-likeness (QED) is 0.740. The zero-order valence-electron chi connectivity index (χ0n) is 13.9. The number of nitrogens with one attached hydrogen (secondary N) is 1. The number of rotatable bonds is 7. The molecule has 1 N–H and O–H groups in total. The van der Waals surface area contributed by atoms with Gasteiger partial charge in [0.15, 0.2) is 0 Å². The number of amides is 1. The van der Waals surface area contributed by atoms with Gasteiger partial charge in [0.2, 0.25) is 15.9 Å². The maximum absolute atomic E-state index is 13.3. The van der Waals surface area contributed by atoms with Crippen LogP contribution < -0.4 is 5.32 Å². The molecule has 2 aromatic rings. The van der Waals surface area contributed by atoms with E-state index in [4.69, 9.17) is 23.2 Å². The van der Waals surface area contributed by atoms with Crippen molar-refractivity contribution in [2.45, 2.75) is 12.7 Å². The average molecular weight is 419 g/mol. The summed E-state index contributed by atoms with van der Waals surface area (Å²) in [5.74, 6) is -1.50. The third-order valence-corrected chi connectivity index (χ3v) is 6.03. The van der Waals surface area contributed by atoms with Crippen molar-refractivity contribution in [3.8, 4) is 0 Å². The molecule has 0 atom stereocenters. The van der Waals surface area contributed by atoms with E-state index in [2.05, 4.69) is 5.32 Å². The van der Waals surface area contributed by atoms with Gasteiger partial charge in [0.25, 0.3) is 0 Å². The second kappa shape index (κ2) is 8.81. The molecule has 2 rings (SSSR count). The third kappa shape index (κ3) is 5.41. The lowest BCUT2D eigenvalue weighted by Gasteiger charge is -2.20. The fourth-order valence-corrected chi connectivity index (χ4v) is 4.27. The largest absolute Gasteiger partial charge is 0.322 e. The Labute approximate surface area is 161 Å². The van der Waals surface area contributed by atoms with Crippen molar-refractivity contribution in [1.82, 2.24) is 4.31 Å². The minimum Gasteiger partial charge on any atom is -0.322 e. The van der Waals surface area contributed by atoms with E-state index < -0.39 is 34.0 Å². The highest BCUT2D eigenvalue weighted by atomic mass is 35.5. The van der Waals surface area contributed by atoms with Gasteiger partial charge in [0.1, 0.15) is 5.82 Å². The molecule has 140 valence electrons. The number of nitrogens with zero attached hydrogens (tertiary/aromatic N) is 1. The smallest absolute Gasteiger partial charge is 0.239 e. The number of anilines is 1. The van der Waals surface area contributed by atoms with E-state index >= 15 is 0 Å². The van der Waals surface area contributed by atoms with Crippen LogP contribution in [0.15, 0.2) is 42.5 Å². The van der Waals surface area contributed by atoms with Gasteiger partial charge in [-0.2, -0.15) is 4.31 Å². The van der Waals surface area contributed by atoms with Crippen LogP contribution in [0.25, 0.3) is 0 Å². The molecule has 0 saturated heterocycles. The van der Waals surface area contributed by atoms with Crippen LogP contribution in [0.2, 0.25) is 10.0 Å². The third-order valence-electron chi connectivity index (χ3n) is 3.53. The number of sulfonamides is 1. The van der Waals surface area contributed by atoms with Crippen molar-refractivity contribution in [2.75, 3.05) is 18.4 Å². The fraction of sp³-hybridized carbons (Fsp3) is 0.235. The molecular weight excluding hydrogens is 402 g/mol. The van der Waals surface area contributed by atoms with Crippen LogP contribution in [-0.4, -0.2) is 31.7 Å². The lowest BCUT2D eigenvalue weighted by molar-refractivity contribution is -0.116. The first-order valence-corrected chi connectivity index (χ1v) is 10.1. The maximum atomic E-state index is 13.3. The van der Waals surface area contributed by atoms with Crippen LogP contribution in [0.3, 0.4) is 0 Å². The van der Waals surface area contributed by atoms with Crippen LogP contribution in [0.1, 0.15) is 12.5 Å². The van der Waals surface area contributed by atoms with E-state index in [9.17, 15) is 17.6 Å². The van der Waals surface area contributed by atoms with Crippen LogP contribution in [0.4, 0.5) is 10.1 Å². The second-order valence-electron chi connectivity index (χ2n) is 5.46. The molecule has 0 heterocycles. The number of para-hydroxylation sites is 1. The lowest BCUT2D eigenvalue weighted by atomic mass is 10.2. The normalized spacial score (nSPS) is 11.6. The number of hydrogen-bond acceptors (Lipinski definition) is 3. The summed E-state index contributed by atoms with van der Waals surface area (Å²) < 4.78 is 39.3. The summed E-state index contributed by atoms with van der Waals surface area (Å²) in [5.41, 5.74) is 0.525. The summed E-state index contributed by atoms with van der Waals surface area (Å²) in [6.07, 6.45) is 0. The van der Waals surface area contributed by atoms with E-state index in [-0.39, 0.29) is 22.3 Å². The minimum atomic E-state index is -3.81. The number of carbonyl (C=O) groups is 1. The molecule has 0 saturated carbocycles. The van der Waals surface area contributed by atoms with Crippen molar-refractivity contribution in [2.24, 2.45) is 0 Å². The molecule has 0 aromatic heterocycles. The standard InChI is InChI=1S/C17H17Cl2FN2O3S/c1-2-22(26(24,25)11-12-5-3-6-13(20)9-12)10-16(23)21-17-14(18)7-4-8-15(17)19/h3-9H,2,10-11H2,1H3,(H,21,23). The van der Waals surface area contributed by atoms with E-state index in [0.29, 0.717) is 5.56 Å². The van der Waals surface area contributed by atoms with E-state index in [1.54, 1.807) is 25.1 Å². The number of benzene rings is 2. The topological polar surface area (TPSA) is 66.5 Å². The summed E-state index contributed by atoms with van der Waals surface area (Å²) >= 11 is 12.0. The highest BCUT2D eigenvalue weighted by Gasteiger charge is 2.24. The summed E-state index contributed by atoms with van der Waals surface area (Å²) in [5, 5.41) is 3.01. The Hall–Kier alpha value is -1.67. The van der Waals surface area contributed by atoms with Crippen molar-refractivity contribution < 1.29 is 17.6 Å². The summed E-state index contributed by atoms with van der Waals surface area (Å²) in [7, 11) is -3.81. The fourth-order valence-electron chi connectivity index (χ4n) is 2.29. The van der Waals surface area contributed by atoms with Crippen molar-refractivity contribution in [3.63, 3.8) is 0 Å². The molecule has 9 heteroatoms. The van der Waals surface area contributed by atoms with Gasteiger partial charge in [-0.05, 0) is 29.8 Å². The maximum Gasteiger partial charge on any atom is 0.239 e. The molecule has 0 aliphatic carbocycles. The molecule has 0 fully saturated rings. The molecule has 0 spiro atoms. The zero-order valence-corrected chi connectivity index (χ0v) is 16.2. The molecular formula is C17H17Cl2FN2O3S. The number of likely N-dealkylation sites (N-methyl/N-ethyl adjacent to an activating group) is 1. The Kier molecular flexibility index (Phi) is 7.00. The molecule has 1 amide bonds. The van der Waals surface area contributed by atoms with Crippen LogP contribution >= 0.6 is 23.2 Å². The van der Waals surface area contributed by atoms with Crippen molar-refractivity contribution in [3.05, 3.63) is 63.9 Å². The second-order valence-corrected chi connectivity index (χ2v) is 8.24. The van der Waals surface area contributed by atoms with Crippen molar-refractivity contribution >= 4 is 44.8 Å². The predicted molar refractivity (Wildman–Crippen MR) is 101 cm³/mol. The van der Waals surface area contributed by atoms with Crippen LogP contribution in [0, 0.1) is 5.82 Å². The monoisotopic (exact) mass is 418 g/mol. The van der Waals surface area contributed by atoms with Gasteiger partial charge in [-0.1, -0.05) is 48.3 Å². The van der Waals surface area contributed by atoms with Gasteiger partial charge < -0.3 is 5.32 Å². The summed E-state index contributed by atoms with van der Waals surface area (Å²) in [4.78, 5) is 12.2. The number of carbonyl (C=O) groups excluding carboxylic acids is 1. The van der Waals surface area contributed by atoms with Gasteiger partial charge in [-0.15, -0.1) is 0 Å². The van der Waals surface area contributed by atoms with Crippen LogP contribution in [-0.2, 0) is 20.6 Å². The first kappa shape index (κ1) is 20.6. The molecule has 0 radical (unpaired) electrons. The zero-order chi connectivity index (χ0) is 19.3. The summed E-state index contributed by atoms with van der Waals surface area (Å²) in [6.45, 7) is 1.29. The van der Waals surface area contributed by atoms with E-state index in [1.807, 2.05) is 0 Å². The highest BCUT2D eigenvalue weighted by molar-refractivity contribution is 7.88. The van der Waals surface area contributed by atoms with E-state index in [1.165, 1.54) is 18.2 Å². The Balaban J connectivity index is 2.11. The minimum absolute atomic E-state index is 0.0846. The first-order valence-electron chi connectivity index (χ1n) is 7.69. The molecule has 5 nitrogen and oxygen atoms in total.